The highest BCUT2D eigenvalue weighted by Gasteiger charge is 2.36. The molecule has 1 aliphatic rings. The van der Waals surface area contributed by atoms with Gasteiger partial charge >= 0.3 is 5.97 Å². The maximum Gasteiger partial charge on any atom is 0.339 e. The van der Waals surface area contributed by atoms with Gasteiger partial charge in [0.15, 0.2) is 6.10 Å². The Hall–Kier alpha value is -2.76. The molecule has 0 saturated heterocycles. The van der Waals surface area contributed by atoms with E-state index < -0.39 is 12.1 Å². The average molecular weight is 287 g/mol. The van der Waals surface area contributed by atoms with E-state index >= 15 is 0 Å². The lowest BCUT2D eigenvalue weighted by Gasteiger charge is -2.15. The molecule has 21 heavy (non-hydrogen) atoms. The van der Waals surface area contributed by atoms with Crippen LogP contribution in [0.25, 0.3) is 0 Å². The molecule has 3 rings (SSSR count). The molecule has 0 saturated carbocycles. The SMILES string of the molecule is COc1ccc(OC)c(C2OC(=O)c3cc[nH]c(=O)c32)c1. The molecule has 1 aliphatic heterocycles. The number of nitrogens with one attached hydrogen (secondary N) is 1. The number of aromatic amines is 1. The van der Waals surface area contributed by atoms with Crippen LogP contribution in [0.3, 0.4) is 0 Å². The Bertz CT molecular complexity index is 765. The summed E-state index contributed by atoms with van der Waals surface area (Å²) in [5.41, 5.74) is 0.775. The van der Waals surface area contributed by atoms with Crippen molar-refractivity contribution in [1.29, 1.82) is 0 Å². The normalized spacial score (nSPS) is 16.3. The van der Waals surface area contributed by atoms with Crippen LogP contribution >= 0.6 is 0 Å². The van der Waals surface area contributed by atoms with Gasteiger partial charge in [0, 0.05) is 11.8 Å². The van der Waals surface area contributed by atoms with E-state index in [0.717, 1.165) is 0 Å². The Labute approximate surface area is 120 Å². The summed E-state index contributed by atoms with van der Waals surface area (Å²) in [4.78, 5) is 26.5. The number of esters is 1. The number of fused-ring (bicyclic) bond motifs is 1. The zero-order valence-electron chi connectivity index (χ0n) is 11.5. The first-order valence-electron chi connectivity index (χ1n) is 6.30. The molecular weight excluding hydrogens is 274 g/mol. The number of carbonyl (C=O) groups is 1. The highest BCUT2D eigenvalue weighted by atomic mass is 16.6. The lowest BCUT2D eigenvalue weighted by atomic mass is 10.00. The molecule has 2 aromatic rings. The molecule has 0 spiro atoms. The fourth-order valence-corrected chi connectivity index (χ4v) is 2.42. The summed E-state index contributed by atoms with van der Waals surface area (Å²) in [6, 6.07) is 6.66. The van der Waals surface area contributed by atoms with Crippen LogP contribution in [0, 0.1) is 0 Å². The fourth-order valence-electron chi connectivity index (χ4n) is 2.42. The van der Waals surface area contributed by atoms with Gasteiger partial charge in [0.1, 0.15) is 11.5 Å². The van der Waals surface area contributed by atoms with Gasteiger partial charge < -0.3 is 19.2 Å². The summed E-state index contributed by atoms with van der Waals surface area (Å²) in [6.45, 7) is 0. The second-order valence-corrected chi connectivity index (χ2v) is 4.53. The molecule has 1 unspecified atom stereocenters. The van der Waals surface area contributed by atoms with Gasteiger partial charge in [-0.25, -0.2) is 4.79 Å². The van der Waals surface area contributed by atoms with Crippen LogP contribution in [0.15, 0.2) is 35.3 Å². The molecule has 1 N–H and O–H groups in total. The van der Waals surface area contributed by atoms with Gasteiger partial charge in [0.05, 0.1) is 25.3 Å². The lowest BCUT2D eigenvalue weighted by molar-refractivity contribution is 0.0451. The summed E-state index contributed by atoms with van der Waals surface area (Å²) in [5, 5.41) is 0. The number of cyclic esters (lactones) is 1. The van der Waals surface area contributed by atoms with Gasteiger partial charge in [-0.15, -0.1) is 0 Å². The number of hydrogen-bond donors (Lipinski definition) is 1. The van der Waals surface area contributed by atoms with Crippen molar-refractivity contribution in [1.82, 2.24) is 4.98 Å². The van der Waals surface area contributed by atoms with Crippen molar-refractivity contribution in [2.75, 3.05) is 14.2 Å². The number of aromatic nitrogens is 1. The van der Waals surface area contributed by atoms with Crippen molar-refractivity contribution in [2.24, 2.45) is 0 Å². The van der Waals surface area contributed by atoms with E-state index in [1.165, 1.54) is 26.5 Å². The van der Waals surface area contributed by atoms with Crippen LogP contribution in [0.5, 0.6) is 11.5 Å². The highest BCUT2D eigenvalue weighted by molar-refractivity contribution is 5.94. The Morgan fingerprint density at radius 2 is 1.95 bits per heavy atom. The minimum absolute atomic E-state index is 0.272. The highest BCUT2D eigenvalue weighted by Crippen LogP contribution is 2.39. The number of rotatable bonds is 3. The van der Waals surface area contributed by atoms with Crippen LogP contribution in [-0.4, -0.2) is 25.2 Å². The second-order valence-electron chi connectivity index (χ2n) is 4.53. The van der Waals surface area contributed by atoms with Gasteiger partial charge in [-0.05, 0) is 24.3 Å². The summed E-state index contributed by atoms with van der Waals surface area (Å²) < 4.78 is 15.8. The minimum atomic E-state index is -0.803. The summed E-state index contributed by atoms with van der Waals surface area (Å²) >= 11 is 0. The Balaban J connectivity index is 2.20. The van der Waals surface area contributed by atoms with Gasteiger partial charge in [-0.3, -0.25) is 4.79 Å². The number of benzene rings is 1. The summed E-state index contributed by atoms with van der Waals surface area (Å²) in [5.74, 6) is 0.582. The first kappa shape index (κ1) is 13.2. The molecule has 6 heteroatoms. The number of ether oxygens (including phenoxy) is 3. The number of pyridine rings is 1. The van der Waals surface area contributed by atoms with Crippen molar-refractivity contribution in [3.8, 4) is 11.5 Å². The quantitative estimate of drug-likeness (QED) is 0.868. The van der Waals surface area contributed by atoms with E-state index in [4.69, 9.17) is 14.2 Å². The molecule has 108 valence electrons. The van der Waals surface area contributed by atoms with E-state index in [1.54, 1.807) is 18.2 Å². The maximum absolute atomic E-state index is 12.0. The van der Waals surface area contributed by atoms with Gasteiger partial charge in [-0.2, -0.15) is 0 Å². The Morgan fingerprint density at radius 1 is 1.14 bits per heavy atom. The van der Waals surface area contributed by atoms with Crippen LogP contribution in [-0.2, 0) is 4.74 Å². The molecule has 0 radical (unpaired) electrons. The third kappa shape index (κ3) is 2.05. The van der Waals surface area contributed by atoms with Crippen LogP contribution in [0.1, 0.15) is 27.6 Å². The number of hydrogen-bond acceptors (Lipinski definition) is 5. The third-order valence-corrected chi connectivity index (χ3v) is 3.43. The second kappa shape index (κ2) is 4.97. The summed E-state index contributed by atoms with van der Waals surface area (Å²) in [7, 11) is 3.05. The topological polar surface area (TPSA) is 77.6 Å². The van der Waals surface area contributed by atoms with Gasteiger partial charge in [-0.1, -0.05) is 0 Å². The smallest absolute Gasteiger partial charge is 0.339 e. The van der Waals surface area contributed by atoms with E-state index in [-0.39, 0.29) is 16.7 Å². The average Bonchev–Trinajstić information content (AvgIpc) is 2.85. The van der Waals surface area contributed by atoms with Crippen molar-refractivity contribution in [2.45, 2.75) is 6.10 Å². The largest absolute Gasteiger partial charge is 0.497 e. The lowest BCUT2D eigenvalue weighted by Crippen LogP contribution is -2.15. The molecule has 0 fully saturated rings. The first-order chi connectivity index (χ1) is 10.2. The zero-order valence-corrected chi connectivity index (χ0v) is 11.5. The van der Waals surface area contributed by atoms with Crippen LogP contribution in [0.4, 0.5) is 0 Å². The number of H-pyrrole nitrogens is 1. The van der Waals surface area contributed by atoms with Gasteiger partial charge in [0.2, 0.25) is 0 Å². The molecule has 0 bridgehead atoms. The molecule has 0 aliphatic carbocycles. The molecule has 1 aromatic heterocycles. The van der Waals surface area contributed by atoms with Crippen molar-refractivity contribution >= 4 is 5.97 Å². The van der Waals surface area contributed by atoms with Crippen molar-refractivity contribution in [3.63, 3.8) is 0 Å². The third-order valence-electron chi connectivity index (χ3n) is 3.43. The molecule has 1 atom stereocenters. The van der Waals surface area contributed by atoms with Crippen LogP contribution < -0.4 is 15.0 Å². The molecule has 2 heterocycles. The zero-order chi connectivity index (χ0) is 15.0. The van der Waals surface area contributed by atoms with E-state index in [1.807, 2.05) is 0 Å². The number of carbonyl (C=O) groups excluding carboxylic acids is 1. The molecular formula is C15H13NO5. The van der Waals surface area contributed by atoms with Gasteiger partial charge in [0.25, 0.3) is 5.56 Å². The molecule has 1 aromatic carbocycles. The first-order valence-corrected chi connectivity index (χ1v) is 6.30. The maximum atomic E-state index is 12.0. The van der Waals surface area contributed by atoms with E-state index in [0.29, 0.717) is 17.1 Å². The molecule has 6 nitrogen and oxygen atoms in total. The number of methoxy groups -OCH3 is 2. The summed E-state index contributed by atoms with van der Waals surface area (Å²) in [6.07, 6.45) is 0.621. The predicted octanol–water partition coefficient (Wildman–Crippen LogP) is 1.65. The Morgan fingerprint density at radius 3 is 2.67 bits per heavy atom. The minimum Gasteiger partial charge on any atom is -0.497 e. The van der Waals surface area contributed by atoms with Crippen molar-refractivity contribution in [3.05, 3.63) is 57.5 Å². The fraction of sp³-hybridized carbons (Fsp3) is 0.200. The van der Waals surface area contributed by atoms with Crippen LogP contribution in [0.2, 0.25) is 0 Å². The van der Waals surface area contributed by atoms with Crippen molar-refractivity contribution < 1.29 is 19.0 Å². The predicted molar refractivity (Wildman–Crippen MR) is 73.9 cm³/mol. The molecule has 0 amide bonds. The monoisotopic (exact) mass is 287 g/mol. The van der Waals surface area contributed by atoms with E-state index in [9.17, 15) is 9.59 Å². The standard InChI is InChI=1S/C15H13NO5/c1-19-8-3-4-11(20-2)10(7-8)13-12-9(15(18)21-13)5-6-16-14(12)17/h3-7,13H,1-2H3,(H,16,17). The Kier molecular flexibility index (Phi) is 3.13. The van der Waals surface area contributed by atoms with E-state index in [2.05, 4.69) is 4.98 Å².